The van der Waals surface area contributed by atoms with E-state index in [1.165, 1.54) is 17.0 Å². The molecule has 1 atom stereocenters. The Bertz CT molecular complexity index is 848. The molecule has 0 bridgehead atoms. The Hall–Kier alpha value is -2.12. The van der Waals surface area contributed by atoms with Gasteiger partial charge < -0.3 is 15.0 Å². The smallest absolute Gasteiger partial charge is 0.261 e. The second-order valence-electron chi connectivity index (χ2n) is 6.33. The van der Waals surface area contributed by atoms with E-state index in [-0.39, 0.29) is 30.8 Å². The average Bonchev–Trinajstić information content (AvgIpc) is 2.68. The van der Waals surface area contributed by atoms with Gasteiger partial charge in [-0.05, 0) is 49.2 Å². The third-order valence-electron chi connectivity index (χ3n) is 4.25. The van der Waals surface area contributed by atoms with Crippen LogP contribution >= 0.6 is 27.5 Å². The molecule has 2 aromatic rings. The molecule has 0 saturated heterocycles. The average molecular weight is 486 g/mol. The lowest BCUT2D eigenvalue weighted by Crippen LogP contribution is -2.50. The van der Waals surface area contributed by atoms with Crippen LogP contribution in [0.4, 0.5) is 4.39 Å². The number of hydrogen-bond acceptors (Lipinski definition) is 3. The van der Waals surface area contributed by atoms with E-state index in [1.807, 2.05) is 13.8 Å². The summed E-state index contributed by atoms with van der Waals surface area (Å²) in [6.45, 7) is 3.98. The van der Waals surface area contributed by atoms with Crippen LogP contribution in [0.5, 0.6) is 5.75 Å². The molecule has 0 saturated carbocycles. The molecule has 0 aromatic heterocycles. The molecule has 0 radical (unpaired) electrons. The van der Waals surface area contributed by atoms with Crippen molar-refractivity contribution in [1.29, 1.82) is 0 Å². The number of nitrogens with one attached hydrogen (secondary N) is 1. The number of ether oxygens (including phenoxy) is 1. The molecule has 0 spiro atoms. The zero-order valence-electron chi connectivity index (χ0n) is 16.3. The van der Waals surface area contributed by atoms with Crippen molar-refractivity contribution >= 4 is 39.3 Å². The standard InChI is InChI=1S/C21H23BrClFN2O3/c1-3-18(21(28)25-4-2)26(12-14-5-8-16(24)9-6-14)20(27)13-29-19-10-7-15(22)11-17(19)23/h5-11,18H,3-4,12-13H2,1-2H3,(H,25,28)/t18-/m0/s1. The Kier molecular flexibility index (Phi) is 8.92. The molecule has 2 rings (SSSR count). The van der Waals surface area contributed by atoms with Crippen LogP contribution in [0.2, 0.25) is 5.02 Å². The zero-order chi connectivity index (χ0) is 21.4. The lowest BCUT2D eigenvalue weighted by Gasteiger charge is -2.30. The van der Waals surface area contributed by atoms with Gasteiger partial charge in [0.1, 0.15) is 17.6 Å². The minimum absolute atomic E-state index is 0.159. The van der Waals surface area contributed by atoms with Crippen molar-refractivity contribution in [1.82, 2.24) is 10.2 Å². The normalized spacial score (nSPS) is 11.6. The number of carbonyl (C=O) groups is 2. The monoisotopic (exact) mass is 484 g/mol. The summed E-state index contributed by atoms with van der Waals surface area (Å²) in [7, 11) is 0. The molecule has 156 valence electrons. The van der Waals surface area contributed by atoms with Crippen molar-refractivity contribution in [2.45, 2.75) is 32.9 Å². The van der Waals surface area contributed by atoms with Crippen LogP contribution in [0.3, 0.4) is 0 Å². The second-order valence-corrected chi connectivity index (χ2v) is 7.65. The quantitative estimate of drug-likeness (QED) is 0.566. The third-order valence-corrected chi connectivity index (χ3v) is 5.04. The second kappa shape index (κ2) is 11.2. The molecule has 0 aliphatic carbocycles. The lowest BCUT2D eigenvalue weighted by atomic mass is 10.1. The molecule has 29 heavy (non-hydrogen) atoms. The predicted octanol–water partition coefficient (Wildman–Crippen LogP) is 4.56. The Labute approximate surface area is 183 Å². The molecule has 2 amide bonds. The number of likely N-dealkylation sites (N-methyl/N-ethyl adjacent to an activating group) is 1. The van der Waals surface area contributed by atoms with Gasteiger partial charge in [0, 0.05) is 17.6 Å². The van der Waals surface area contributed by atoms with Crippen molar-refractivity contribution in [3.63, 3.8) is 0 Å². The van der Waals surface area contributed by atoms with Gasteiger partial charge in [-0.2, -0.15) is 0 Å². The molecule has 8 heteroatoms. The van der Waals surface area contributed by atoms with Gasteiger partial charge in [-0.15, -0.1) is 0 Å². The van der Waals surface area contributed by atoms with E-state index in [0.29, 0.717) is 29.3 Å². The highest BCUT2D eigenvalue weighted by molar-refractivity contribution is 9.10. The minimum atomic E-state index is -0.670. The number of amides is 2. The number of nitrogens with zero attached hydrogens (tertiary/aromatic N) is 1. The largest absolute Gasteiger partial charge is 0.482 e. The van der Waals surface area contributed by atoms with E-state index < -0.39 is 6.04 Å². The summed E-state index contributed by atoms with van der Waals surface area (Å²) < 4.78 is 19.6. The topological polar surface area (TPSA) is 58.6 Å². The Morgan fingerprint density at radius 3 is 2.48 bits per heavy atom. The number of halogens is 3. The van der Waals surface area contributed by atoms with Crippen molar-refractivity contribution in [3.8, 4) is 5.75 Å². The van der Waals surface area contributed by atoms with Crippen LogP contribution in [0.25, 0.3) is 0 Å². The fourth-order valence-corrected chi connectivity index (χ4v) is 3.54. The molecule has 5 nitrogen and oxygen atoms in total. The molecule has 0 unspecified atom stereocenters. The molecule has 0 aliphatic heterocycles. The SMILES string of the molecule is CCNC(=O)[C@H](CC)N(Cc1ccc(F)cc1)C(=O)COc1ccc(Br)cc1Cl. The zero-order valence-corrected chi connectivity index (χ0v) is 18.6. The van der Waals surface area contributed by atoms with Crippen molar-refractivity contribution < 1.29 is 18.7 Å². The van der Waals surface area contributed by atoms with Crippen molar-refractivity contribution in [2.24, 2.45) is 0 Å². The van der Waals surface area contributed by atoms with Crippen LogP contribution in [0.15, 0.2) is 46.9 Å². The van der Waals surface area contributed by atoms with Crippen LogP contribution in [0.1, 0.15) is 25.8 Å². The van der Waals surface area contributed by atoms with Gasteiger partial charge in [0.2, 0.25) is 5.91 Å². The van der Waals surface area contributed by atoms with Crippen LogP contribution in [-0.2, 0) is 16.1 Å². The van der Waals surface area contributed by atoms with Gasteiger partial charge in [0.15, 0.2) is 6.61 Å². The molecule has 1 N–H and O–H groups in total. The number of hydrogen-bond donors (Lipinski definition) is 1. The van der Waals surface area contributed by atoms with Gasteiger partial charge in [-0.25, -0.2) is 4.39 Å². The van der Waals surface area contributed by atoms with Gasteiger partial charge in [0.25, 0.3) is 5.91 Å². The highest BCUT2D eigenvalue weighted by Gasteiger charge is 2.28. The van der Waals surface area contributed by atoms with Gasteiger partial charge in [-0.1, -0.05) is 46.6 Å². The van der Waals surface area contributed by atoms with E-state index in [2.05, 4.69) is 21.2 Å². The lowest BCUT2D eigenvalue weighted by molar-refractivity contribution is -0.142. The summed E-state index contributed by atoms with van der Waals surface area (Å²) in [5.74, 6) is -0.606. The van der Waals surface area contributed by atoms with E-state index in [4.69, 9.17) is 16.3 Å². The van der Waals surface area contributed by atoms with E-state index >= 15 is 0 Å². The third kappa shape index (κ3) is 6.72. The highest BCUT2D eigenvalue weighted by atomic mass is 79.9. The van der Waals surface area contributed by atoms with Gasteiger partial charge in [0.05, 0.1) is 5.02 Å². The summed E-state index contributed by atoms with van der Waals surface area (Å²) in [4.78, 5) is 26.9. The Balaban J connectivity index is 2.20. The molecule has 0 heterocycles. The molecule has 0 aliphatic rings. The van der Waals surface area contributed by atoms with Crippen molar-refractivity contribution in [3.05, 3.63) is 63.3 Å². The van der Waals surface area contributed by atoms with Gasteiger partial charge in [-0.3, -0.25) is 9.59 Å². The van der Waals surface area contributed by atoms with Crippen LogP contribution in [0, 0.1) is 5.82 Å². The summed E-state index contributed by atoms with van der Waals surface area (Å²) in [6.07, 6.45) is 0.428. The Morgan fingerprint density at radius 2 is 1.90 bits per heavy atom. The summed E-state index contributed by atoms with van der Waals surface area (Å²) in [5.41, 5.74) is 0.712. The van der Waals surface area contributed by atoms with E-state index in [9.17, 15) is 14.0 Å². The number of benzene rings is 2. The van der Waals surface area contributed by atoms with Gasteiger partial charge >= 0.3 is 0 Å². The first kappa shape index (κ1) is 23.2. The fourth-order valence-electron chi connectivity index (χ4n) is 2.81. The molecular formula is C21H23BrClFN2O3. The number of rotatable bonds is 9. The maximum absolute atomic E-state index is 13.2. The first-order valence-electron chi connectivity index (χ1n) is 9.25. The predicted molar refractivity (Wildman–Crippen MR) is 114 cm³/mol. The molecule has 2 aromatic carbocycles. The fraction of sp³-hybridized carbons (Fsp3) is 0.333. The maximum Gasteiger partial charge on any atom is 0.261 e. The maximum atomic E-state index is 13.2. The number of carbonyl (C=O) groups excluding carboxylic acids is 2. The van der Waals surface area contributed by atoms with E-state index in [0.717, 1.165) is 4.47 Å². The first-order valence-corrected chi connectivity index (χ1v) is 10.4. The minimum Gasteiger partial charge on any atom is -0.482 e. The Morgan fingerprint density at radius 1 is 1.21 bits per heavy atom. The van der Waals surface area contributed by atoms with Crippen molar-refractivity contribution in [2.75, 3.05) is 13.2 Å². The summed E-state index contributed by atoms with van der Waals surface area (Å²) in [5, 5.41) is 3.12. The molecule has 0 fully saturated rings. The highest BCUT2D eigenvalue weighted by Crippen LogP contribution is 2.27. The van der Waals surface area contributed by atoms with E-state index in [1.54, 1.807) is 30.3 Å². The molecular weight excluding hydrogens is 463 g/mol. The summed E-state index contributed by atoms with van der Waals surface area (Å²) >= 11 is 9.45. The van der Waals surface area contributed by atoms with Crippen LogP contribution in [-0.4, -0.2) is 35.9 Å². The first-order chi connectivity index (χ1) is 13.8. The van der Waals surface area contributed by atoms with Crippen LogP contribution < -0.4 is 10.1 Å². The summed E-state index contributed by atoms with van der Waals surface area (Å²) in [6, 6.07) is 10.2.